The molecule has 0 fully saturated rings. The van der Waals surface area contributed by atoms with E-state index in [9.17, 15) is 4.79 Å². The zero-order valence-electron chi connectivity index (χ0n) is 15.2. The van der Waals surface area contributed by atoms with E-state index in [1.165, 1.54) is 0 Å². The van der Waals surface area contributed by atoms with Gasteiger partial charge < -0.3 is 21.2 Å². The lowest BCUT2D eigenvalue weighted by atomic mass is 9.93. The van der Waals surface area contributed by atoms with Crippen LogP contribution in [0.15, 0.2) is 32.8 Å². The zero-order valence-corrected chi connectivity index (χ0v) is 15.2. The molecule has 1 aliphatic rings. The van der Waals surface area contributed by atoms with E-state index in [0.717, 1.165) is 58.7 Å². The first-order chi connectivity index (χ1) is 12.4. The highest BCUT2D eigenvalue weighted by Crippen LogP contribution is 2.30. The van der Waals surface area contributed by atoms with Crippen LogP contribution in [0.1, 0.15) is 51.4 Å². The molecule has 0 saturated heterocycles. The summed E-state index contributed by atoms with van der Waals surface area (Å²) in [7, 11) is 0. The molecule has 1 amide bonds. The van der Waals surface area contributed by atoms with Crippen LogP contribution in [0.5, 0.6) is 0 Å². The number of guanidine groups is 1. The van der Waals surface area contributed by atoms with Gasteiger partial charge in [0.05, 0.1) is 5.71 Å². The summed E-state index contributed by atoms with van der Waals surface area (Å²) in [6.45, 7) is 5.80. The molecule has 0 aliphatic heterocycles. The van der Waals surface area contributed by atoms with Crippen molar-refractivity contribution < 1.29 is 9.21 Å². The smallest absolute Gasteiger partial charge is 0.291 e. The number of carbonyl (C=O) groups is 1. The first-order valence-corrected chi connectivity index (χ1v) is 8.53. The summed E-state index contributed by atoms with van der Waals surface area (Å²) < 4.78 is 5.87. The minimum Gasteiger partial charge on any atom is -0.455 e. The van der Waals surface area contributed by atoms with Crippen LogP contribution in [-0.4, -0.2) is 17.6 Å². The van der Waals surface area contributed by atoms with Crippen LogP contribution in [0, 0.1) is 20.8 Å². The second kappa shape index (κ2) is 7.03. The average Bonchev–Trinajstić information content (AvgIpc) is 2.94. The van der Waals surface area contributed by atoms with Crippen LogP contribution in [0.4, 0.5) is 5.69 Å². The highest BCUT2D eigenvalue weighted by atomic mass is 16.4. The van der Waals surface area contributed by atoms with Gasteiger partial charge in [0.2, 0.25) is 5.96 Å². The molecule has 1 aromatic heterocycles. The van der Waals surface area contributed by atoms with Gasteiger partial charge in [-0.3, -0.25) is 4.79 Å². The Hall–Kier alpha value is -3.09. The van der Waals surface area contributed by atoms with Crippen molar-refractivity contribution in [1.29, 1.82) is 0 Å². The van der Waals surface area contributed by atoms with E-state index in [2.05, 4.69) is 15.5 Å². The highest BCUT2D eigenvalue weighted by molar-refractivity contribution is 6.09. The van der Waals surface area contributed by atoms with Gasteiger partial charge in [-0.15, -0.1) is 5.10 Å². The number of aryl methyl sites for hydroxylation is 3. The molecule has 1 aromatic carbocycles. The molecule has 1 aliphatic carbocycles. The van der Waals surface area contributed by atoms with Crippen LogP contribution in [0.2, 0.25) is 0 Å². The molecule has 0 bridgehead atoms. The fourth-order valence-corrected chi connectivity index (χ4v) is 3.15. The molecule has 5 N–H and O–H groups in total. The van der Waals surface area contributed by atoms with Crippen LogP contribution >= 0.6 is 0 Å². The third kappa shape index (κ3) is 3.46. The van der Waals surface area contributed by atoms with Crippen molar-refractivity contribution in [3.8, 4) is 0 Å². The van der Waals surface area contributed by atoms with E-state index in [4.69, 9.17) is 15.9 Å². The first-order valence-electron chi connectivity index (χ1n) is 8.53. The molecule has 0 unspecified atom stereocenters. The molecule has 0 spiro atoms. The predicted molar refractivity (Wildman–Crippen MR) is 103 cm³/mol. The van der Waals surface area contributed by atoms with E-state index in [1.54, 1.807) is 0 Å². The Kier molecular flexibility index (Phi) is 4.79. The standard InChI is InChI=1S/C19H23N5O2/c1-10-7-8-11(2)14(9-10)22-18(25)17-12(3)16-13(23-24-19(20)21)5-4-6-15(16)26-17/h7-9H,4-6H2,1-3H3,(H,22,25)(H4,20,21,24)/b23-13+. The molecule has 0 saturated carbocycles. The molecule has 1 heterocycles. The van der Waals surface area contributed by atoms with Crippen molar-refractivity contribution in [2.45, 2.75) is 40.0 Å². The topological polar surface area (TPSA) is 119 Å². The molecule has 0 radical (unpaired) electrons. The molecule has 7 heteroatoms. The number of furan rings is 1. The van der Waals surface area contributed by atoms with E-state index >= 15 is 0 Å². The van der Waals surface area contributed by atoms with Gasteiger partial charge in [0.1, 0.15) is 5.76 Å². The van der Waals surface area contributed by atoms with E-state index in [0.29, 0.717) is 5.76 Å². The minimum absolute atomic E-state index is 0.0985. The van der Waals surface area contributed by atoms with Crippen molar-refractivity contribution >= 4 is 23.3 Å². The number of nitrogens with one attached hydrogen (secondary N) is 1. The largest absolute Gasteiger partial charge is 0.455 e. The number of benzene rings is 1. The summed E-state index contributed by atoms with van der Waals surface area (Å²) in [6, 6.07) is 5.93. The number of hydrogen-bond donors (Lipinski definition) is 3. The first kappa shape index (κ1) is 17.7. The van der Waals surface area contributed by atoms with Gasteiger partial charge in [-0.05, 0) is 50.8 Å². The fourth-order valence-electron chi connectivity index (χ4n) is 3.15. The third-order valence-electron chi connectivity index (χ3n) is 4.46. The lowest BCUT2D eigenvalue weighted by molar-refractivity contribution is 0.0994. The van der Waals surface area contributed by atoms with Crippen molar-refractivity contribution in [3.63, 3.8) is 0 Å². The summed E-state index contributed by atoms with van der Waals surface area (Å²) in [5, 5.41) is 10.8. The third-order valence-corrected chi connectivity index (χ3v) is 4.46. The van der Waals surface area contributed by atoms with Gasteiger partial charge in [-0.1, -0.05) is 12.1 Å². The van der Waals surface area contributed by atoms with E-state index in [1.807, 2.05) is 39.0 Å². The molecular formula is C19H23N5O2. The number of nitrogens with two attached hydrogens (primary N) is 2. The Morgan fingerprint density at radius 3 is 2.69 bits per heavy atom. The second-order valence-electron chi connectivity index (χ2n) is 6.55. The zero-order chi connectivity index (χ0) is 18.8. The number of amides is 1. The number of hydrogen-bond acceptors (Lipinski definition) is 4. The van der Waals surface area contributed by atoms with Gasteiger partial charge >= 0.3 is 0 Å². The minimum atomic E-state index is -0.271. The fraction of sp³-hybridized carbons (Fsp3) is 0.316. The molecule has 3 rings (SSSR count). The predicted octanol–water partition coefficient (Wildman–Crippen LogP) is 2.77. The average molecular weight is 353 g/mol. The molecule has 2 aromatic rings. The molecule has 0 atom stereocenters. The molecular weight excluding hydrogens is 330 g/mol. The van der Waals surface area contributed by atoms with Gasteiger partial charge in [0.15, 0.2) is 5.76 Å². The number of carbonyl (C=O) groups excluding carboxylic acids is 1. The Morgan fingerprint density at radius 2 is 1.96 bits per heavy atom. The van der Waals surface area contributed by atoms with Crippen LogP contribution in [0.25, 0.3) is 0 Å². The Balaban J connectivity index is 1.95. The monoisotopic (exact) mass is 353 g/mol. The van der Waals surface area contributed by atoms with Crippen LogP contribution in [0.3, 0.4) is 0 Å². The number of fused-ring (bicyclic) bond motifs is 1. The number of nitrogens with zero attached hydrogens (tertiary/aromatic N) is 2. The molecule has 7 nitrogen and oxygen atoms in total. The maximum Gasteiger partial charge on any atom is 0.291 e. The maximum atomic E-state index is 12.8. The summed E-state index contributed by atoms with van der Waals surface area (Å²) >= 11 is 0. The van der Waals surface area contributed by atoms with Gasteiger partial charge in [-0.2, -0.15) is 5.10 Å². The lowest BCUT2D eigenvalue weighted by Gasteiger charge is -2.11. The SMILES string of the molecule is Cc1ccc(C)c(NC(=O)c2oc3c(c2C)/C(=N/N=C(N)N)CCC3)c1. The van der Waals surface area contributed by atoms with Crippen molar-refractivity contribution in [2.24, 2.45) is 21.7 Å². The Morgan fingerprint density at radius 1 is 1.19 bits per heavy atom. The normalized spacial score (nSPS) is 14.8. The maximum absolute atomic E-state index is 12.8. The van der Waals surface area contributed by atoms with Crippen LogP contribution in [-0.2, 0) is 6.42 Å². The van der Waals surface area contributed by atoms with E-state index in [-0.39, 0.29) is 11.9 Å². The summed E-state index contributed by atoms with van der Waals surface area (Å²) in [5.74, 6) is 0.685. The lowest BCUT2D eigenvalue weighted by Crippen LogP contribution is -2.22. The van der Waals surface area contributed by atoms with Crippen LogP contribution < -0.4 is 16.8 Å². The second-order valence-corrected chi connectivity index (χ2v) is 6.55. The number of anilines is 1. The Bertz CT molecular complexity index is 920. The highest BCUT2D eigenvalue weighted by Gasteiger charge is 2.28. The van der Waals surface area contributed by atoms with E-state index < -0.39 is 0 Å². The van der Waals surface area contributed by atoms with Crippen molar-refractivity contribution in [1.82, 2.24) is 0 Å². The summed E-state index contributed by atoms with van der Waals surface area (Å²) in [4.78, 5) is 12.8. The van der Waals surface area contributed by atoms with Gasteiger partial charge in [0, 0.05) is 23.2 Å². The van der Waals surface area contributed by atoms with Crippen molar-refractivity contribution in [3.05, 3.63) is 52.0 Å². The van der Waals surface area contributed by atoms with Crippen molar-refractivity contribution in [2.75, 3.05) is 5.32 Å². The summed E-state index contributed by atoms with van der Waals surface area (Å²) in [6.07, 6.45) is 2.37. The molecule has 136 valence electrons. The quantitative estimate of drug-likeness (QED) is 0.446. The molecule has 26 heavy (non-hydrogen) atoms. The number of rotatable bonds is 3. The summed E-state index contributed by atoms with van der Waals surface area (Å²) in [5.41, 5.74) is 15.9. The Labute approximate surface area is 152 Å². The van der Waals surface area contributed by atoms with Gasteiger partial charge in [-0.25, -0.2) is 0 Å². The van der Waals surface area contributed by atoms with Gasteiger partial charge in [0.25, 0.3) is 5.91 Å².